The van der Waals surface area contributed by atoms with Crippen LogP contribution in [0.4, 0.5) is 0 Å². The monoisotopic (exact) mass is 362 g/mol. The lowest BCUT2D eigenvalue weighted by Crippen LogP contribution is -3.09. The van der Waals surface area contributed by atoms with Gasteiger partial charge in [-0.25, -0.2) is 4.68 Å². The van der Waals surface area contributed by atoms with E-state index in [-0.39, 0.29) is 11.4 Å². The number of amides is 1. The maximum absolute atomic E-state index is 12.0. The van der Waals surface area contributed by atoms with Crippen LogP contribution in [0, 0.1) is 4.77 Å². The van der Waals surface area contributed by atoms with Crippen LogP contribution in [0.25, 0.3) is 11.4 Å². The largest absolute Gasteiger partial charge is 0.347 e. The molecule has 2 rings (SSSR count). The van der Waals surface area contributed by atoms with Crippen molar-refractivity contribution in [2.45, 2.75) is 46.3 Å². The Hall–Kier alpha value is -1.99. The summed E-state index contributed by atoms with van der Waals surface area (Å²) in [5.74, 6) is 0.769. The van der Waals surface area contributed by atoms with E-state index in [0.717, 1.165) is 22.7 Å². The molecule has 0 bridgehead atoms. The normalized spacial score (nSPS) is 12.8. The van der Waals surface area contributed by atoms with Crippen molar-refractivity contribution in [2.24, 2.45) is 0 Å². The highest BCUT2D eigenvalue weighted by atomic mass is 32.1. The first-order valence-electron chi connectivity index (χ1n) is 8.56. The minimum absolute atomic E-state index is 0.0198. The van der Waals surface area contributed by atoms with Crippen molar-refractivity contribution in [3.63, 3.8) is 0 Å². The summed E-state index contributed by atoms with van der Waals surface area (Å²) in [5, 5.41) is 6.21. The highest BCUT2D eigenvalue weighted by molar-refractivity contribution is 7.71. The van der Waals surface area contributed by atoms with Gasteiger partial charge in [0.1, 0.15) is 0 Å². The van der Waals surface area contributed by atoms with Gasteiger partial charge in [0, 0.05) is 11.1 Å². The predicted octanol–water partition coefficient (Wildman–Crippen LogP) is 1.56. The van der Waals surface area contributed by atoms with Crippen molar-refractivity contribution in [1.82, 2.24) is 20.1 Å². The SMILES string of the molecule is CCc1ccc(-c2nc(=S)n(C[NH+](C)CC(=O)NC(C)(C)C)[nH]2)cc1. The number of nitrogens with one attached hydrogen (secondary N) is 3. The molecule has 1 atom stereocenters. The number of quaternary nitrogens is 1. The Bertz CT molecular complexity index is 770. The summed E-state index contributed by atoms with van der Waals surface area (Å²) in [6.07, 6.45) is 1.01. The van der Waals surface area contributed by atoms with Gasteiger partial charge in [0.25, 0.3) is 5.91 Å². The van der Waals surface area contributed by atoms with Gasteiger partial charge < -0.3 is 10.2 Å². The molecular formula is C18H28N5OS+. The number of H-pyrrole nitrogens is 1. The maximum Gasteiger partial charge on any atom is 0.275 e. The fourth-order valence-corrected chi connectivity index (χ4v) is 2.76. The highest BCUT2D eigenvalue weighted by Gasteiger charge is 2.17. The van der Waals surface area contributed by atoms with Crippen LogP contribution in [0.15, 0.2) is 24.3 Å². The number of hydrogen-bond donors (Lipinski definition) is 3. The smallest absolute Gasteiger partial charge is 0.275 e. The van der Waals surface area contributed by atoms with Crippen molar-refractivity contribution in [3.05, 3.63) is 34.6 Å². The van der Waals surface area contributed by atoms with Crippen LogP contribution in [0.1, 0.15) is 33.3 Å². The number of aromatic nitrogens is 3. The number of benzene rings is 1. The first-order chi connectivity index (χ1) is 11.7. The van der Waals surface area contributed by atoms with Gasteiger partial charge in [0.05, 0.1) is 7.05 Å². The molecule has 1 amide bonds. The van der Waals surface area contributed by atoms with Crippen molar-refractivity contribution in [3.8, 4) is 11.4 Å². The number of aromatic amines is 1. The van der Waals surface area contributed by atoms with E-state index in [1.807, 2.05) is 40.0 Å². The second-order valence-corrected chi connectivity index (χ2v) is 7.79. The number of likely N-dealkylation sites (N-methyl/N-ethyl adjacent to an activating group) is 1. The topological polar surface area (TPSA) is 67.2 Å². The zero-order valence-corrected chi connectivity index (χ0v) is 16.5. The lowest BCUT2D eigenvalue weighted by Gasteiger charge is -2.21. The summed E-state index contributed by atoms with van der Waals surface area (Å²) in [6, 6.07) is 8.28. The van der Waals surface area contributed by atoms with E-state index in [1.165, 1.54) is 5.56 Å². The van der Waals surface area contributed by atoms with Crippen LogP contribution in [0.5, 0.6) is 0 Å². The molecule has 1 heterocycles. The first-order valence-corrected chi connectivity index (χ1v) is 8.97. The van der Waals surface area contributed by atoms with Crippen molar-refractivity contribution < 1.29 is 9.69 Å². The Labute approximate surface area is 154 Å². The van der Waals surface area contributed by atoms with Crippen LogP contribution in [-0.4, -0.2) is 39.8 Å². The molecule has 0 saturated carbocycles. The Kier molecular flexibility index (Phi) is 6.13. The number of carbonyl (C=O) groups excluding carboxylic acids is 1. The molecule has 0 aliphatic rings. The van der Waals surface area contributed by atoms with Crippen LogP contribution in [0.3, 0.4) is 0 Å². The molecule has 0 saturated heterocycles. The van der Waals surface area contributed by atoms with Gasteiger partial charge in [-0.15, -0.1) is 0 Å². The van der Waals surface area contributed by atoms with Gasteiger partial charge in [-0.2, -0.15) is 4.98 Å². The fourth-order valence-electron chi connectivity index (χ4n) is 2.55. The third-order valence-electron chi connectivity index (χ3n) is 3.72. The molecule has 1 unspecified atom stereocenters. The molecule has 1 aromatic carbocycles. The minimum Gasteiger partial charge on any atom is -0.347 e. The van der Waals surface area contributed by atoms with E-state index >= 15 is 0 Å². The molecule has 6 nitrogen and oxygen atoms in total. The first kappa shape index (κ1) is 19.3. The number of rotatable bonds is 6. The van der Waals surface area contributed by atoms with E-state index < -0.39 is 0 Å². The van der Waals surface area contributed by atoms with Crippen LogP contribution < -0.4 is 10.2 Å². The van der Waals surface area contributed by atoms with E-state index in [4.69, 9.17) is 12.2 Å². The van der Waals surface area contributed by atoms with Gasteiger partial charge in [-0.3, -0.25) is 9.89 Å². The summed E-state index contributed by atoms with van der Waals surface area (Å²) in [7, 11) is 1.96. The quantitative estimate of drug-likeness (QED) is 0.683. The molecule has 3 N–H and O–H groups in total. The molecule has 0 aliphatic heterocycles. The minimum atomic E-state index is -0.223. The Morgan fingerprint density at radius 3 is 2.52 bits per heavy atom. The third kappa shape index (κ3) is 5.79. The van der Waals surface area contributed by atoms with Crippen LogP contribution >= 0.6 is 12.2 Å². The van der Waals surface area contributed by atoms with Gasteiger partial charge >= 0.3 is 0 Å². The summed E-state index contributed by atoms with van der Waals surface area (Å²) in [6.45, 7) is 8.98. The highest BCUT2D eigenvalue weighted by Crippen LogP contribution is 2.15. The molecule has 0 spiro atoms. The zero-order valence-electron chi connectivity index (χ0n) is 15.6. The predicted molar refractivity (Wildman–Crippen MR) is 102 cm³/mol. The Morgan fingerprint density at radius 1 is 1.32 bits per heavy atom. The molecular weight excluding hydrogens is 334 g/mol. The van der Waals surface area contributed by atoms with Gasteiger partial charge in [-0.1, -0.05) is 31.2 Å². The summed E-state index contributed by atoms with van der Waals surface area (Å²) >= 11 is 5.35. The second-order valence-electron chi connectivity index (χ2n) is 7.42. The zero-order chi connectivity index (χ0) is 18.6. The van der Waals surface area contributed by atoms with Gasteiger partial charge in [0.2, 0.25) is 4.77 Å². The molecule has 1 aromatic heterocycles. The average molecular weight is 363 g/mol. The van der Waals surface area contributed by atoms with Crippen LogP contribution in [-0.2, 0) is 17.9 Å². The fraction of sp³-hybridized carbons (Fsp3) is 0.500. The van der Waals surface area contributed by atoms with Crippen molar-refractivity contribution in [2.75, 3.05) is 13.6 Å². The third-order valence-corrected chi connectivity index (χ3v) is 4.03. The number of carbonyl (C=O) groups is 1. The van der Waals surface area contributed by atoms with Crippen LogP contribution in [0.2, 0.25) is 0 Å². The standard InChI is InChI=1S/C18H27N5OS/c1-6-13-7-9-14(10-8-13)16-19-17(25)23(21-16)12-22(5)11-15(24)20-18(2,3)4/h7-10H,6,11-12H2,1-5H3,(H,20,24)(H,19,21,25)/p+1. The molecule has 2 aromatic rings. The molecule has 0 aliphatic carbocycles. The van der Waals surface area contributed by atoms with Gasteiger partial charge in [0.15, 0.2) is 19.0 Å². The average Bonchev–Trinajstić information content (AvgIpc) is 2.86. The number of nitrogens with zero attached hydrogens (tertiary/aromatic N) is 2. The Balaban J connectivity index is 2.04. The number of hydrogen-bond acceptors (Lipinski definition) is 3. The molecule has 7 heteroatoms. The lowest BCUT2D eigenvalue weighted by molar-refractivity contribution is -0.895. The molecule has 0 fully saturated rings. The molecule has 0 radical (unpaired) electrons. The van der Waals surface area contributed by atoms with Gasteiger partial charge in [-0.05, 0) is 45.0 Å². The number of aryl methyl sites for hydroxylation is 1. The maximum atomic E-state index is 12.0. The second kappa shape index (κ2) is 7.93. The Morgan fingerprint density at radius 2 is 1.96 bits per heavy atom. The van der Waals surface area contributed by atoms with Crippen molar-refractivity contribution >= 4 is 18.1 Å². The summed E-state index contributed by atoms with van der Waals surface area (Å²) in [5.41, 5.74) is 2.07. The van der Waals surface area contributed by atoms with E-state index in [2.05, 4.69) is 34.5 Å². The molecule has 25 heavy (non-hydrogen) atoms. The summed E-state index contributed by atoms with van der Waals surface area (Å²) in [4.78, 5) is 17.5. The van der Waals surface area contributed by atoms with E-state index in [0.29, 0.717) is 18.0 Å². The van der Waals surface area contributed by atoms with E-state index in [1.54, 1.807) is 4.68 Å². The lowest BCUT2D eigenvalue weighted by atomic mass is 10.1. The van der Waals surface area contributed by atoms with E-state index in [9.17, 15) is 4.79 Å². The molecule has 136 valence electrons. The van der Waals surface area contributed by atoms with Crippen molar-refractivity contribution in [1.29, 1.82) is 0 Å². The summed E-state index contributed by atoms with van der Waals surface area (Å²) < 4.78 is 2.29.